The molecule has 0 aliphatic carbocycles. The lowest BCUT2D eigenvalue weighted by Gasteiger charge is -2.34. The first-order valence-corrected chi connectivity index (χ1v) is 8.81. The summed E-state index contributed by atoms with van der Waals surface area (Å²) < 4.78 is 18.5. The van der Waals surface area contributed by atoms with Gasteiger partial charge in [0.15, 0.2) is 0 Å². The number of benzene rings is 2. The number of nitrogens with one attached hydrogen (secondary N) is 2. The van der Waals surface area contributed by atoms with Gasteiger partial charge in [0.1, 0.15) is 11.6 Å². The van der Waals surface area contributed by atoms with Crippen LogP contribution in [0.1, 0.15) is 12.0 Å². The normalized spacial score (nSPS) is 18.1. The van der Waals surface area contributed by atoms with Crippen molar-refractivity contribution in [2.45, 2.75) is 19.0 Å². The van der Waals surface area contributed by atoms with E-state index in [4.69, 9.17) is 4.74 Å². The summed E-state index contributed by atoms with van der Waals surface area (Å²) in [5.74, 6) is 0.259. The first-order chi connectivity index (χ1) is 12.2. The predicted octanol–water partition coefficient (Wildman–Crippen LogP) is 3.11. The Morgan fingerprint density at radius 2 is 2.08 bits per heavy atom. The highest BCUT2D eigenvalue weighted by Gasteiger charge is 2.19. The molecule has 25 heavy (non-hydrogen) atoms. The maximum atomic E-state index is 13.2. The summed E-state index contributed by atoms with van der Waals surface area (Å²) in [7, 11) is 1.56. The third kappa shape index (κ3) is 5.18. The molecular weight excluding hydrogens is 317 g/mol. The summed E-state index contributed by atoms with van der Waals surface area (Å²) in [5, 5.41) is 6.94. The van der Waals surface area contributed by atoms with Crippen LogP contribution in [0, 0.1) is 5.82 Å². The van der Waals surface area contributed by atoms with E-state index in [1.807, 2.05) is 0 Å². The molecule has 0 spiro atoms. The van der Waals surface area contributed by atoms with Gasteiger partial charge in [0, 0.05) is 44.8 Å². The van der Waals surface area contributed by atoms with Gasteiger partial charge in [-0.25, -0.2) is 4.39 Å². The fourth-order valence-corrected chi connectivity index (χ4v) is 3.27. The molecule has 0 aromatic heterocycles. The number of hydrogen-bond donors (Lipinski definition) is 2. The van der Waals surface area contributed by atoms with Gasteiger partial charge in [-0.3, -0.25) is 4.90 Å². The SMILES string of the molecule is COc1cc(F)ccc1NCC[C@@H]1CN(Cc2ccccc2)CCN1. The van der Waals surface area contributed by atoms with E-state index in [1.54, 1.807) is 13.2 Å². The molecule has 0 radical (unpaired) electrons. The van der Waals surface area contributed by atoms with Gasteiger partial charge in [0.2, 0.25) is 0 Å². The van der Waals surface area contributed by atoms with Gasteiger partial charge < -0.3 is 15.4 Å². The molecule has 1 saturated heterocycles. The smallest absolute Gasteiger partial charge is 0.144 e. The Hall–Kier alpha value is -2.11. The van der Waals surface area contributed by atoms with Crippen LogP contribution < -0.4 is 15.4 Å². The molecule has 1 aliphatic heterocycles. The monoisotopic (exact) mass is 343 g/mol. The summed E-state index contributed by atoms with van der Waals surface area (Å²) in [6.45, 7) is 4.94. The third-order valence-corrected chi connectivity index (χ3v) is 4.56. The molecular formula is C20H26FN3O. The maximum absolute atomic E-state index is 13.2. The number of piperazine rings is 1. The standard InChI is InChI=1S/C20H26FN3O/c1-25-20-13-17(21)7-8-19(20)23-10-9-18-15-24(12-11-22-18)14-16-5-3-2-4-6-16/h2-8,13,18,22-23H,9-12,14-15H2,1H3/t18-/m1/s1. The van der Waals surface area contributed by atoms with E-state index in [1.165, 1.54) is 17.7 Å². The van der Waals surface area contributed by atoms with Gasteiger partial charge in [-0.05, 0) is 24.1 Å². The fraction of sp³-hybridized carbons (Fsp3) is 0.400. The van der Waals surface area contributed by atoms with E-state index < -0.39 is 0 Å². The minimum atomic E-state index is -0.284. The molecule has 0 saturated carbocycles. The van der Waals surface area contributed by atoms with E-state index in [0.29, 0.717) is 11.8 Å². The second-order valence-electron chi connectivity index (χ2n) is 6.43. The summed E-state index contributed by atoms with van der Waals surface area (Å²) in [6, 6.07) is 15.6. The summed E-state index contributed by atoms with van der Waals surface area (Å²) in [6.07, 6.45) is 1.01. The number of hydrogen-bond acceptors (Lipinski definition) is 4. The van der Waals surface area contributed by atoms with Gasteiger partial charge >= 0.3 is 0 Å². The first kappa shape index (κ1) is 17.7. The fourth-order valence-electron chi connectivity index (χ4n) is 3.27. The summed E-state index contributed by atoms with van der Waals surface area (Å²) in [4.78, 5) is 2.50. The van der Waals surface area contributed by atoms with Gasteiger partial charge in [-0.1, -0.05) is 30.3 Å². The average molecular weight is 343 g/mol. The van der Waals surface area contributed by atoms with Crippen LogP contribution in [0.25, 0.3) is 0 Å². The Morgan fingerprint density at radius 1 is 1.24 bits per heavy atom. The minimum absolute atomic E-state index is 0.284. The van der Waals surface area contributed by atoms with Crippen LogP contribution in [-0.2, 0) is 6.54 Å². The van der Waals surface area contributed by atoms with Crippen LogP contribution in [0.2, 0.25) is 0 Å². The van der Waals surface area contributed by atoms with E-state index in [-0.39, 0.29) is 5.82 Å². The Labute approximate surface area is 149 Å². The molecule has 1 aliphatic rings. The second kappa shape index (κ2) is 8.83. The number of halogens is 1. The molecule has 4 nitrogen and oxygen atoms in total. The van der Waals surface area contributed by atoms with Gasteiger partial charge in [-0.2, -0.15) is 0 Å². The first-order valence-electron chi connectivity index (χ1n) is 8.81. The minimum Gasteiger partial charge on any atom is -0.494 e. The van der Waals surface area contributed by atoms with Crippen molar-refractivity contribution < 1.29 is 9.13 Å². The number of anilines is 1. The molecule has 5 heteroatoms. The van der Waals surface area contributed by atoms with Gasteiger partial charge in [0.05, 0.1) is 12.8 Å². The molecule has 2 aromatic rings. The second-order valence-corrected chi connectivity index (χ2v) is 6.43. The highest BCUT2D eigenvalue weighted by molar-refractivity contribution is 5.56. The molecule has 134 valence electrons. The van der Waals surface area contributed by atoms with E-state index >= 15 is 0 Å². The Kier molecular flexibility index (Phi) is 6.25. The zero-order valence-corrected chi connectivity index (χ0v) is 14.7. The van der Waals surface area contributed by atoms with Crippen molar-refractivity contribution in [1.82, 2.24) is 10.2 Å². The van der Waals surface area contributed by atoms with Crippen molar-refractivity contribution in [3.8, 4) is 5.75 Å². The average Bonchev–Trinajstić information content (AvgIpc) is 2.64. The van der Waals surface area contributed by atoms with Crippen LogP contribution in [0.4, 0.5) is 10.1 Å². The number of nitrogens with zero attached hydrogens (tertiary/aromatic N) is 1. The van der Waals surface area contributed by atoms with Crippen LogP contribution in [-0.4, -0.2) is 44.2 Å². The third-order valence-electron chi connectivity index (χ3n) is 4.56. The van der Waals surface area contributed by atoms with Crippen LogP contribution >= 0.6 is 0 Å². The number of rotatable bonds is 7. The van der Waals surface area contributed by atoms with Crippen LogP contribution in [0.5, 0.6) is 5.75 Å². The molecule has 1 fully saturated rings. The zero-order valence-electron chi connectivity index (χ0n) is 14.7. The molecule has 2 aromatic carbocycles. The highest BCUT2D eigenvalue weighted by atomic mass is 19.1. The van der Waals surface area contributed by atoms with Gasteiger partial charge in [-0.15, -0.1) is 0 Å². The molecule has 0 bridgehead atoms. The van der Waals surface area contributed by atoms with Crippen molar-refractivity contribution >= 4 is 5.69 Å². The molecule has 2 N–H and O–H groups in total. The predicted molar refractivity (Wildman–Crippen MR) is 99.6 cm³/mol. The van der Waals surface area contributed by atoms with Gasteiger partial charge in [0.25, 0.3) is 0 Å². The van der Waals surface area contributed by atoms with Crippen molar-refractivity contribution in [3.05, 3.63) is 59.9 Å². The lowest BCUT2D eigenvalue weighted by atomic mass is 10.1. The van der Waals surface area contributed by atoms with E-state index in [2.05, 4.69) is 45.9 Å². The molecule has 0 amide bonds. The quantitative estimate of drug-likeness (QED) is 0.810. The van der Waals surface area contributed by atoms with E-state index in [0.717, 1.165) is 44.8 Å². The van der Waals surface area contributed by atoms with Crippen molar-refractivity contribution in [2.24, 2.45) is 0 Å². The van der Waals surface area contributed by atoms with Crippen molar-refractivity contribution in [3.63, 3.8) is 0 Å². The Balaban J connectivity index is 1.47. The lowest BCUT2D eigenvalue weighted by molar-refractivity contribution is 0.189. The van der Waals surface area contributed by atoms with Crippen molar-refractivity contribution in [1.29, 1.82) is 0 Å². The Morgan fingerprint density at radius 3 is 2.88 bits per heavy atom. The number of ether oxygens (including phenoxy) is 1. The van der Waals surface area contributed by atoms with Crippen LogP contribution in [0.15, 0.2) is 48.5 Å². The summed E-state index contributed by atoms with van der Waals surface area (Å²) in [5.41, 5.74) is 2.19. The lowest BCUT2D eigenvalue weighted by Crippen LogP contribution is -2.50. The molecule has 1 atom stereocenters. The highest BCUT2D eigenvalue weighted by Crippen LogP contribution is 2.24. The molecule has 0 unspecified atom stereocenters. The van der Waals surface area contributed by atoms with Crippen molar-refractivity contribution in [2.75, 3.05) is 38.6 Å². The zero-order chi connectivity index (χ0) is 17.5. The molecule has 1 heterocycles. The maximum Gasteiger partial charge on any atom is 0.144 e. The van der Waals surface area contributed by atoms with E-state index in [9.17, 15) is 4.39 Å². The Bertz CT molecular complexity index is 665. The number of methoxy groups -OCH3 is 1. The van der Waals surface area contributed by atoms with Crippen LogP contribution in [0.3, 0.4) is 0 Å². The molecule has 3 rings (SSSR count). The topological polar surface area (TPSA) is 36.5 Å². The largest absolute Gasteiger partial charge is 0.494 e. The summed E-state index contributed by atoms with van der Waals surface area (Å²) >= 11 is 0.